The third-order valence-corrected chi connectivity index (χ3v) is 7.43. The van der Waals surface area contributed by atoms with E-state index in [9.17, 15) is 9.59 Å². The summed E-state index contributed by atoms with van der Waals surface area (Å²) in [6.07, 6.45) is 0. The van der Waals surface area contributed by atoms with Crippen molar-refractivity contribution >= 4 is 40.7 Å². The molecular weight excluding hydrogens is 540 g/mol. The molecule has 0 aliphatic rings. The molecule has 0 fully saturated rings. The second kappa shape index (κ2) is 11.4. The molecule has 0 aliphatic carbocycles. The first-order valence-corrected chi connectivity index (χ1v) is 13.4. The van der Waals surface area contributed by atoms with Crippen LogP contribution < -0.4 is 14.8 Å². The monoisotopic (exact) mass is 562 g/mol. The minimum Gasteiger partial charge on any atom is -0.497 e. The number of ether oxygens (including phenoxy) is 2. The van der Waals surface area contributed by atoms with E-state index in [0.29, 0.717) is 39.5 Å². The van der Waals surface area contributed by atoms with Gasteiger partial charge in [-0.25, -0.2) is 4.79 Å². The standard InChI is InChI=1S/C26H22N6O5S2/c1-36-17-9-10-21(37-2)20(12-17)32-24(19-13-18(28-29-19)22-4-3-11-38-22)30-31-26(32)39-14-23(33)27-16-7-5-15(6-8-16)25(34)35/h3-13H,14H2,1-2H3,(H,27,33)(H,28,29)(H,34,35). The molecule has 39 heavy (non-hydrogen) atoms. The molecule has 1 amide bonds. The van der Waals surface area contributed by atoms with Crippen LogP contribution in [0, 0.1) is 0 Å². The minimum atomic E-state index is -1.04. The highest BCUT2D eigenvalue weighted by Crippen LogP contribution is 2.35. The van der Waals surface area contributed by atoms with Gasteiger partial charge < -0.3 is 19.9 Å². The van der Waals surface area contributed by atoms with Crippen LogP contribution in [0.5, 0.6) is 11.5 Å². The number of carboxylic acids is 1. The molecule has 13 heteroatoms. The van der Waals surface area contributed by atoms with Gasteiger partial charge in [-0.3, -0.25) is 14.5 Å². The minimum absolute atomic E-state index is 0.0200. The molecule has 0 bridgehead atoms. The normalized spacial score (nSPS) is 10.8. The van der Waals surface area contributed by atoms with Crippen molar-refractivity contribution in [3.63, 3.8) is 0 Å². The summed E-state index contributed by atoms with van der Waals surface area (Å²) < 4.78 is 12.8. The van der Waals surface area contributed by atoms with Crippen molar-refractivity contribution in [2.75, 3.05) is 25.3 Å². The fourth-order valence-corrected chi connectivity index (χ4v) is 5.17. The number of amides is 1. The van der Waals surface area contributed by atoms with Crippen LogP contribution in [0.2, 0.25) is 0 Å². The molecule has 11 nitrogen and oxygen atoms in total. The fourth-order valence-electron chi connectivity index (χ4n) is 3.74. The second-order valence-corrected chi connectivity index (χ2v) is 9.93. The van der Waals surface area contributed by atoms with E-state index in [1.807, 2.05) is 23.6 Å². The number of thiophene rings is 1. The number of aromatic nitrogens is 5. The van der Waals surface area contributed by atoms with Gasteiger partial charge in [-0.05, 0) is 53.9 Å². The van der Waals surface area contributed by atoms with E-state index in [2.05, 4.69) is 25.7 Å². The van der Waals surface area contributed by atoms with Gasteiger partial charge in [-0.1, -0.05) is 17.8 Å². The Morgan fingerprint density at radius 2 is 1.90 bits per heavy atom. The first-order chi connectivity index (χ1) is 19.0. The van der Waals surface area contributed by atoms with E-state index in [1.54, 1.807) is 48.3 Å². The van der Waals surface area contributed by atoms with Crippen molar-refractivity contribution in [3.05, 3.63) is 71.6 Å². The van der Waals surface area contributed by atoms with E-state index in [1.165, 1.54) is 36.0 Å². The molecule has 0 atom stereocenters. The van der Waals surface area contributed by atoms with Crippen LogP contribution in [0.25, 0.3) is 27.8 Å². The van der Waals surface area contributed by atoms with Crippen LogP contribution in [0.3, 0.4) is 0 Å². The van der Waals surface area contributed by atoms with Gasteiger partial charge in [0.05, 0.1) is 41.8 Å². The van der Waals surface area contributed by atoms with Crippen LogP contribution in [0.1, 0.15) is 10.4 Å². The van der Waals surface area contributed by atoms with Crippen molar-refractivity contribution in [2.45, 2.75) is 5.16 Å². The highest BCUT2D eigenvalue weighted by molar-refractivity contribution is 7.99. The molecule has 0 unspecified atom stereocenters. The summed E-state index contributed by atoms with van der Waals surface area (Å²) in [5, 5.41) is 30.5. The molecular formula is C26H22N6O5S2. The lowest BCUT2D eigenvalue weighted by Crippen LogP contribution is -2.14. The predicted molar refractivity (Wildman–Crippen MR) is 148 cm³/mol. The SMILES string of the molecule is COc1ccc(OC)c(-n2c(SCC(=O)Nc3ccc(C(=O)O)cc3)nnc2-c2cc(-c3cccs3)[nH]n2)c1. The topological polar surface area (TPSA) is 144 Å². The summed E-state index contributed by atoms with van der Waals surface area (Å²) >= 11 is 2.77. The van der Waals surface area contributed by atoms with Gasteiger partial charge in [-0.2, -0.15) is 5.10 Å². The van der Waals surface area contributed by atoms with Crippen LogP contribution >= 0.6 is 23.1 Å². The average Bonchev–Trinajstić information content (AvgIpc) is 3.72. The molecule has 0 aliphatic heterocycles. The van der Waals surface area contributed by atoms with Gasteiger partial charge in [0.15, 0.2) is 11.0 Å². The summed E-state index contributed by atoms with van der Waals surface area (Å²) in [6.45, 7) is 0. The molecule has 5 aromatic rings. The van der Waals surface area contributed by atoms with Crippen molar-refractivity contribution in [3.8, 4) is 39.3 Å². The Morgan fingerprint density at radius 1 is 1.08 bits per heavy atom. The number of aromatic amines is 1. The molecule has 5 rings (SSSR count). The molecule has 0 spiro atoms. The van der Waals surface area contributed by atoms with E-state index in [0.717, 1.165) is 10.6 Å². The number of thioether (sulfide) groups is 1. The molecule has 3 N–H and O–H groups in total. The lowest BCUT2D eigenvalue weighted by Gasteiger charge is -2.14. The highest BCUT2D eigenvalue weighted by atomic mass is 32.2. The van der Waals surface area contributed by atoms with Crippen molar-refractivity contribution in [1.29, 1.82) is 0 Å². The van der Waals surface area contributed by atoms with Gasteiger partial charge >= 0.3 is 5.97 Å². The number of carboxylic acid groups (broad SMARTS) is 1. The summed E-state index contributed by atoms with van der Waals surface area (Å²) in [5.74, 6) is 0.294. The number of hydrogen-bond donors (Lipinski definition) is 3. The fraction of sp³-hybridized carbons (Fsp3) is 0.115. The van der Waals surface area contributed by atoms with E-state index >= 15 is 0 Å². The molecule has 0 saturated carbocycles. The number of nitrogens with one attached hydrogen (secondary N) is 2. The highest BCUT2D eigenvalue weighted by Gasteiger charge is 2.23. The number of carbonyl (C=O) groups is 2. The van der Waals surface area contributed by atoms with Gasteiger partial charge in [0.2, 0.25) is 5.91 Å². The zero-order valence-corrected chi connectivity index (χ0v) is 22.4. The second-order valence-electron chi connectivity index (χ2n) is 8.04. The van der Waals surface area contributed by atoms with Crippen molar-refractivity contribution in [1.82, 2.24) is 25.0 Å². The Labute approximate surface area is 230 Å². The molecule has 3 heterocycles. The number of carbonyl (C=O) groups excluding carboxylic acids is 1. The Bertz CT molecular complexity index is 1610. The van der Waals surface area contributed by atoms with Crippen LogP contribution in [-0.2, 0) is 4.79 Å². The predicted octanol–water partition coefficient (Wildman–Crippen LogP) is 4.83. The lowest BCUT2D eigenvalue weighted by atomic mass is 10.2. The Kier molecular flexibility index (Phi) is 7.61. The van der Waals surface area contributed by atoms with E-state index in [-0.39, 0.29) is 17.2 Å². The number of aromatic carboxylic acids is 1. The Balaban J connectivity index is 1.46. The van der Waals surface area contributed by atoms with E-state index in [4.69, 9.17) is 14.6 Å². The number of rotatable bonds is 10. The van der Waals surface area contributed by atoms with Crippen LogP contribution in [0.4, 0.5) is 5.69 Å². The maximum atomic E-state index is 12.7. The number of hydrogen-bond acceptors (Lipinski definition) is 9. The summed E-state index contributed by atoms with van der Waals surface area (Å²) in [4.78, 5) is 24.8. The maximum Gasteiger partial charge on any atom is 0.335 e. The summed E-state index contributed by atoms with van der Waals surface area (Å²) in [6, 6.07) is 17.1. The van der Waals surface area contributed by atoms with Crippen molar-refractivity contribution < 1.29 is 24.2 Å². The average molecular weight is 563 g/mol. The third-order valence-electron chi connectivity index (χ3n) is 5.60. The summed E-state index contributed by atoms with van der Waals surface area (Å²) in [7, 11) is 3.14. The van der Waals surface area contributed by atoms with Gasteiger partial charge in [0.25, 0.3) is 0 Å². The van der Waals surface area contributed by atoms with Crippen LogP contribution in [0.15, 0.2) is 71.2 Å². The van der Waals surface area contributed by atoms with Gasteiger partial charge in [0.1, 0.15) is 17.2 Å². The van der Waals surface area contributed by atoms with Gasteiger partial charge in [-0.15, -0.1) is 21.5 Å². The molecule has 2 aromatic carbocycles. The first kappa shape index (κ1) is 26.0. The molecule has 0 radical (unpaired) electrons. The molecule has 198 valence electrons. The zero-order valence-electron chi connectivity index (χ0n) is 20.7. The zero-order chi connectivity index (χ0) is 27.4. The number of benzene rings is 2. The number of methoxy groups -OCH3 is 2. The number of H-pyrrole nitrogens is 1. The maximum absolute atomic E-state index is 12.7. The van der Waals surface area contributed by atoms with Gasteiger partial charge in [0, 0.05) is 11.8 Å². The Morgan fingerprint density at radius 3 is 2.59 bits per heavy atom. The largest absolute Gasteiger partial charge is 0.497 e. The van der Waals surface area contributed by atoms with Crippen molar-refractivity contribution in [2.24, 2.45) is 0 Å². The molecule has 3 aromatic heterocycles. The Hall–Kier alpha value is -4.62. The first-order valence-electron chi connectivity index (χ1n) is 11.5. The quantitative estimate of drug-likeness (QED) is 0.204. The lowest BCUT2D eigenvalue weighted by molar-refractivity contribution is -0.113. The summed E-state index contributed by atoms with van der Waals surface area (Å²) in [5.41, 5.74) is 2.64. The molecule has 0 saturated heterocycles. The van der Waals surface area contributed by atoms with E-state index < -0.39 is 5.97 Å². The number of nitrogens with zero attached hydrogens (tertiary/aromatic N) is 4. The van der Waals surface area contributed by atoms with Crippen LogP contribution in [-0.4, -0.2) is 61.9 Å². The third kappa shape index (κ3) is 5.63. The smallest absolute Gasteiger partial charge is 0.335 e. The number of anilines is 1.